The van der Waals surface area contributed by atoms with Gasteiger partial charge in [-0.1, -0.05) is 35.8 Å². The maximum atomic E-state index is 10.7. The van der Waals surface area contributed by atoms with Crippen LogP contribution < -0.4 is 10.0 Å². The van der Waals surface area contributed by atoms with Crippen LogP contribution in [-0.2, 0) is 4.79 Å². The quantitative estimate of drug-likeness (QED) is 0.438. The number of aliphatic carboxylic acids is 1. The van der Waals surface area contributed by atoms with E-state index in [0.717, 1.165) is 35.7 Å². The highest BCUT2D eigenvalue weighted by Gasteiger charge is 2.35. The summed E-state index contributed by atoms with van der Waals surface area (Å²) in [5.41, 5.74) is 7.45. The molecule has 0 unspecified atom stereocenters. The molecule has 0 saturated carbocycles. The molecule has 1 aliphatic heterocycles. The van der Waals surface area contributed by atoms with Crippen molar-refractivity contribution in [2.45, 2.75) is 37.0 Å². The van der Waals surface area contributed by atoms with Gasteiger partial charge in [0, 0.05) is 29.4 Å². The molecule has 0 amide bonds. The Balaban J connectivity index is 1.74. The van der Waals surface area contributed by atoms with E-state index in [2.05, 4.69) is 0 Å². The molecule has 0 fully saturated rings. The molecule has 2 aromatic rings. The largest absolute Gasteiger partial charge is 0.481 e. The van der Waals surface area contributed by atoms with E-state index in [4.69, 9.17) is 10.8 Å². The van der Waals surface area contributed by atoms with Gasteiger partial charge in [-0.2, -0.15) is 0 Å². The summed E-state index contributed by atoms with van der Waals surface area (Å²) in [4.78, 5) is 11.0. The molecular weight excluding hydrogens is 328 g/mol. The van der Waals surface area contributed by atoms with Crippen LogP contribution in [0.4, 0.5) is 11.4 Å². The smallest absolute Gasteiger partial charge is 0.303 e. The third kappa shape index (κ3) is 2.90. The van der Waals surface area contributed by atoms with Crippen LogP contribution >= 0.6 is 10.8 Å². The van der Waals surface area contributed by atoms with E-state index in [1.54, 1.807) is 22.5 Å². The first-order valence-corrected chi connectivity index (χ1v) is 9.52. The van der Waals surface area contributed by atoms with E-state index >= 15 is 0 Å². The van der Waals surface area contributed by atoms with Crippen LogP contribution in [0.2, 0.25) is 0 Å². The Kier molecular flexibility index (Phi) is 4.58. The molecule has 3 rings (SSSR count). The molecule has 0 radical (unpaired) electrons. The molecule has 0 saturated heterocycles. The predicted octanol–water partition coefficient (Wildman–Crippen LogP) is 4.30. The molecule has 5 N–H and O–H groups in total. The van der Waals surface area contributed by atoms with Crippen molar-refractivity contribution in [3.63, 3.8) is 0 Å². The topological polar surface area (TPSA) is 107 Å². The van der Waals surface area contributed by atoms with Crippen molar-refractivity contribution in [2.24, 2.45) is 0 Å². The number of carbonyl (C=O) groups is 1. The Hall–Kier alpha value is -1.96. The Morgan fingerprint density at radius 1 is 1.08 bits per heavy atom. The number of hydrogen-bond acceptors (Lipinski definition) is 5. The van der Waals surface area contributed by atoms with Crippen LogP contribution in [0.15, 0.2) is 35.2 Å². The van der Waals surface area contributed by atoms with Gasteiger partial charge in [-0.25, -0.2) is 0 Å². The van der Waals surface area contributed by atoms with Crippen LogP contribution in [0, 0.1) is 0 Å². The highest BCUT2D eigenvalue weighted by Crippen LogP contribution is 2.63. The Labute approximate surface area is 142 Å². The van der Waals surface area contributed by atoms with E-state index in [1.807, 2.05) is 12.1 Å². The number of benzene rings is 2. The first-order valence-electron chi connectivity index (χ1n) is 8.02. The van der Waals surface area contributed by atoms with Crippen LogP contribution in [0.5, 0.6) is 0 Å². The summed E-state index contributed by atoms with van der Waals surface area (Å²) in [5.74, 6) is -0.775. The molecule has 1 heterocycles. The van der Waals surface area contributed by atoms with Gasteiger partial charge in [0.05, 0.1) is 10.6 Å². The second kappa shape index (κ2) is 6.51. The molecular formula is C17H22N2O4S. The summed E-state index contributed by atoms with van der Waals surface area (Å²) in [6.45, 7) is 0.517. The highest BCUT2D eigenvalue weighted by atomic mass is 32.3. The van der Waals surface area contributed by atoms with Crippen LogP contribution in [0.25, 0.3) is 10.8 Å². The van der Waals surface area contributed by atoms with Crippen molar-refractivity contribution >= 4 is 38.9 Å². The van der Waals surface area contributed by atoms with Gasteiger partial charge in [0.1, 0.15) is 0 Å². The summed E-state index contributed by atoms with van der Waals surface area (Å²) < 4.78 is 23.1. The second-order valence-corrected chi connectivity index (χ2v) is 7.95. The third-order valence-electron chi connectivity index (χ3n) is 4.39. The average Bonchev–Trinajstić information content (AvgIpc) is 2.75. The lowest BCUT2D eigenvalue weighted by Crippen LogP contribution is -2.25. The minimum absolute atomic E-state index is 0.183. The monoisotopic (exact) mass is 350 g/mol. The number of hydrogen-bond donors (Lipinski definition) is 4. The van der Waals surface area contributed by atoms with Crippen molar-refractivity contribution in [2.75, 3.05) is 16.6 Å². The van der Waals surface area contributed by atoms with Crippen molar-refractivity contribution in [1.82, 2.24) is 0 Å². The number of nitrogen functional groups attached to an aromatic ring is 1. The Morgan fingerprint density at radius 3 is 2.58 bits per heavy atom. The van der Waals surface area contributed by atoms with Gasteiger partial charge in [-0.15, -0.1) is 0 Å². The van der Waals surface area contributed by atoms with Gasteiger partial charge in [0.25, 0.3) is 0 Å². The van der Waals surface area contributed by atoms with Gasteiger partial charge >= 0.3 is 5.97 Å². The van der Waals surface area contributed by atoms with E-state index in [-0.39, 0.29) is 6.42 Å². The molecule has 0 atom stereocenters. The molecule has 0 aliphatic carbocycles. The van der Waals surface area contributed by atoms with Gasteiger partial charge in [0.15, 0.2) is 0 Å². The SMILES string of the molecule is Nc1ccc2c3c(cccc13)S(O)(O)N2CCCCCCC(=O)O. The van der Waals surface area contributed by atoms with Gasteiger partial charge in [-0.3, -0.25) is 18.2 Å². The van der Waals surface area contributed by atoms with Gasteiger partial charge in [-0.05, 0) is 31.0 Å². The molecule has 1 aliphatic rings. The maximum Gasteiger partial charge on any atom is 0.303 e. The van der Waals surface area contributed by atoms with Gasteiger partial charge in [0.2, 0.25) is 0 Å². The number of rotatable bonds is 7. The number of carboxylic acids is 1. The predicted molar refractivity (Wildman–Crippen MR) is 97.5 cm³/mol. The standard InChI is InChI=1S/C17H22N2O4S/c18-13-9-10-14-17-12(13)6-5-7-15(17)24(22,23)19(14)11-4-2-1-3-8-16(20)21/h5-7,9-10,22-23H,1-4,8,11,18H2,(H,20,21). The minimum atomic E-state index is -3.04. The molecule has 0 spiro atoms. The average molecular weight is 350 g/mol. The lowest BCUT2D eigenvalue weighted by Gasteiger charge is -2.39. The fourth-order valence-electron chi connectivity index (χ4n) is 3.20. The molecule has 7 heteroatoms. The second-order valence-electron chi connectivity index (χ2n) is 6.03. The minimum Gasteiger partial charge on any atom is -0.481 e. The first-order chi connectivity index (χ1) is 11.4. The number of carboxylic acid groups (broad SMARTS) is 1. The van der Waals surface area contributed by atoms with E-state index in [9.17, 15) is 13.9 Å². The van der Waals surface area contributed by atoms with Gasteiger partial charge < -0.3 is 10.8 Å². The summed E-state index contributed by atoms with van der Waals surface area (Å²) >= 11 is 0. The maximum absolute atomic E-state index is 10.7. The number of anilines is 2. The third-order valence-corrected chi connectivity index (χ3v) is 6.31. The zero-order valence-electron chi connectivity index (χ0n) is 13.3. The van der Waals surface area contributed by atoms with Crippen molar-refractivity contribution < 1.29 is 19.0 Å². The lowest BCUT2D eigenvalue weighted by atomic mass is 10.1. The molecule has 6 nitrogen and oxygen atoms in total. The Bertz CT molecular complexity index is 779. The summed E-state index contributed by atoms with van der Waals surface area (Å²) in [6.07, 6.45) is 3.29. The van der Waals surface area contributed by atoms with E-state index < -0.39 is 16.7 Å². The summed E-state index contributed by atoms with van der Waals surface area (Å²) in [7, 11) is -3.04. The summed E-state index contributed by atoms with van der Waals surface area (Å²) in [6, 6.07) is 9.06. The molecule has 0 aromatic heterocycles. The highest BCUT2D eigenvalue weighted by molar-refractivity contribution is 8.26. The summed E-state index contributed by atoms with van der Waals surface area (Å²) in [5, 5.41) is 10.3. The first kappa shape index (κ1) is 16.9. The van der Waals surface area contributed by atoms with Crippen molar-refractivity contribution in [1.29, 1.82) is 0 Å². The molecule has 24 heavy (non-hydrogen) atoms. The van der Waals surface area contributed by atoms with E-state index in [1.165, 1.54) is 0 Å². The van der Waals surface area contributed by atoms with Crippen molar-refractivity contribution in [3.05, 3.63) is 30.3 Å². The fourth-order valence-corrected chi connectivity index (χ4v) is 5.00. The van der Waals surface area contributed by atoms with Crippen LogP contribution in [0.1, 0.15) is 32.1 Å². The molecule has 130 valence electrons. The zero-order chi connectivity index (χ0) is 17.3. The Morgan fingerprint density at radius 2 is 1.83 bits per heavy atom. The van der Waals surface area contributed by atoms with Crippen LogP contribution in [0.3, 0.4) is 0 Å². The number of nitrogens with zero attached hydrogens (tertiary/aromatic N) is 1. The number of nitrogens with two attached hydrogens (primary N) is 1. The normalized spacial score (nSPS) is 16.5. The molecule has 0 bridgehead atoms. The number of unbranched alkanes of at least 4 members (excludes halogenated alkanes) is 3. The van der Waals surface area contributed by atoms with Crippen molar-refractivity contribution in [3.8, 4) is 0 Å². The molecule has 2 aromatic carbocycles. The zero-order valence-corrected chi connectivity index (χ0v) is 14.1. The van der Waals surface area contributed by atoms with Crippen LogP contribution in [-0.4, -0.2) is 26.7 Å². The van der Waals surface area contributed by atoms with E-state index in [0.29, 0.717) is 23.5 Å². The lowest BCUT2D eigenvalue weighted by molar-refractivity contribution is -0.137. The fraction of sp³-hybridized carbons (Fsp3) is 0.353.